The number of aliphatic hydroxyl groups is 1. The molecule has 166 valence electrons. The van der Waals surface area contributed by atoms with Crippen LogP contribution in [-0.4, -0.2) is 23.6 Å². The van der Waals surface area contributed by atoms with E-state index in [-0.39, 0.29) is 19.0 Å². The van der Waals surface area contributed by atoms with Crippen LogP contribution in [-0.2, 0) is 21.7 Å². The topological polar surface area (TPSA) is 76.1 Å². The van der Waals surface area contributed by atoms with Crippen molar-refractivity contribution in [1.82, 2.24) is 0 Å². The molecule has 0 aliphatic carbocycles. The Bertz CT molecular complexity index is 1270. The van der Waals surface area contributed by atoms with E-state index in [1.807, 2.05) is 36.4 Å². The van der Waals surface area contributed by atoms with E-state index >= 15 is 0 Å². The van der Waals surface area contributed by atoms with Gasteiger partial charge in [-0.3, -0.25) is 9.59 Å². The number of halogens is 1. The Labute approximate surface area is 199 Å². The molecule has 2 aliphatic heterocycles. The Balaban J connectivity index is 1.40. The van der Waals surface area contributed by atoms with Gasteiger partial charge < -0.3 is 19.5 Å². The first kappa shape index (κ1) is 21.4. The fourth-order valence-corrected chi connectivity index (χ4v) is 4.49. The van der Waals surface area contributed by atoms with Crippen LogP contribution in [0.2, 0.25) is 0 Å². The molecule has 5 rings (SSSR count). The van der Waals surface area contributed by atoms with Gasteiger partial charge in [-0.25, -0.2) is 0 Å². The van der Waals surface area contributed by atoms with E-state index in [0.717, 1.165) is 15.6 Å². The summed E-state index contributed by atoms with van der Waals surface area (Å²) in [7, 11) is 0. The number of anilines is 1. The third kappa shape index (κ3) is 4.05. The third-order valence-corrected chi connectivity index (χ3v) is 6.26. The number of ether oxygens (including phenoxy) is 2. The molecule has 0 saturated heterocycles. The molecule has 2 heterocycles. The number of hydrogen-bond donors (Lipinski definition) is 1. The molecule has 2 aliphatic rings. The predicted octanol–water partition coefficient (Wildman–Crippen LogP) is 4.58. The van der Waals surface area contributed by atoms with Crippen molar-refractivity contribution in [2.75, 3.05) is 11.7 Å². The zero-order chi connectivity index (χ0) is 23.0. The highest BCUT2D eigenvalue weighted by Gasteiger charge is 2.50. The molecule has 3 aromatic rings. The minimum absolute atomic E-state index is 0.172. The molecule has 1 unspecified atom stereocenters. The molecule has 0 saturated carbocycles. The van der Waals surface area contributed by atoms with Gasteiger partial charge in [-0.15, -0.1) is 0 Å². The molecule has 1 N–H and O–H groups in total. The zero-order valence-corrected chi connectivity index (χ0v) is 19.1. The van der Waals surface area contributed by atoms with Gasteiger partial charge in [0.05, 0.1) is 18.7 Å². The van der Waals surface area contributed by atoms with E-state index in [9.17, 15) is 14.7 Å². The standard InChI is InChI=1S/C26H20BrNO5/c27-19-8-10-22-21(13-19)26(31,25(30)28(22)15-18-4-2-1-3-5-18)14-20(29)9-6-17-7-11-23-24(12-17)33-16-32-23/h1-13,31H,14-16H2/b9-6+. The summed E-state index contributed by atoms with van der Waals surface area (Å²) in [6.45, 7) is 0.475. The van der Waals surface area contributed by atoms with Crippen LogP contribution in [0.25, 0.3) is 6.08 Å². The average molecular weight is 506 g/mol. The maximum Gasteiger partial charge on any atom is 0.264 e. The highest BCUT2D eigenvalue weighted by molar-refractivity contribution is 9.10. The van der Waals surface area contributed by atoms with Crippen LogP contribution in [0.5, 0.6) is 11.5 Å². The van der Waals surface area contributed by atoms with Crippen LogP contribution < -0.4 is 14.4 Å². The smallest absolute Gasteiger partial charge is 0.264 e. The van der Waals surface area contributed by atoms with E-state index in [0.29, 0.717) is 29.3 Å². The first-order chi connectivity index (χ1) is 15.9. The van der Waals surface area contributed by atoms with Crippen molar-refractivity contribution in [2.24, 2.45) is 0 Å². The van der Waals surface area contributed by atoms with Gasteiger partial charge in [-0.05, 0) is 47.5 Å². The van der Waals surface area contributed by atoms with Crippen molar-refractivity contribution in [3.8, 4) is 11.5 Å². The number of carbonyl (C=O) groups excluding carboxylic acids is 2. The summed E-state index contributed by atoms with van der Waals surface area (Å²) >= 11 is 3.41. The lowest BCUT2D eigenvalue weighted by molar-refractivity contribution is -0.140. The Hall–Kier alpha value is -3.42. The Morgan fingerprint density at radius 3 is 2.67 bits per heavy atom. The van der Waals surface area contributed by atoms with E-state index in [1.165, 1.54) is 11.0 Å². The highest BCUT2D eigenvalue weighted by Crippen LogP contribution is 2.44. The minimum atomic E-state index is -1.94. The second-order valence-electron chi connectivity index (χ2n) is 7.99. The van der Waals surface area contributed by atoms with Crippen LogP contribution in [0.15, 0.2) is 77.3 Å². The van der Waals surface area contributed by atoms with Crippen LogP contribution >= 0.6 is 15.9 Å². The summed E-state index contributed by atoms with van der Waals surface area (Å²) in [5, 5.41) is 11.5. The minimum Gasteiger partial charge on any atom is -0.454 e. The molecular weight excluding hydrogens is 486 g/mol. The molecule has 33 heavy (non-hydrogen) atoms. The summed E-state index contributed by atoms with van der Waals surface area (Å²) in [4.78, 5) is 27.8. The normalized spacial score (nSPS) is 18.7. The maximum absolute atomic E-state index is 13.4. The molecular formula is C26H20BrNO5. The van der Waals surface area contributed by atoms with Crippen molar-refractivity contribution >= 4 is 39.4 Å². The second kappa shape index (κ2) is 8.50. The van der Waals surface area contributed by atoms with Crippen molar-refractivity contribution in [2.45, 2.75) is 18.6 Å². The number of nitrogens with zero attached hydrogens (tertiary/aromatic N) is 1. The summed E-state index contributed by atoms with van der Waals surface area (Å²) in [6.07, 6.45) is 2.65. The number of ketones is 1. The van der Waals surface area contributed by atoms with Gasteiger partial charge >= 0.3 is 0 Å². The van der Waals surface area contributed by atoms with E-state index in [4.69, 9.17) is 9.47 Å². The average Bonchev–Trinajstić information content (AvgIpc) is 3.36. The monoisotopic (exact) mass is 505 g/mol. The van der Waals surface area contributed by atoms with Gasteiger partial charge in [-0.2, -0.15) is 0 Å². The van der Waals surface area contributed by atoms with Gasteiger partial charge in [0.25, 0.3) is 5.91 Å². The van der Waals surface area contributed by atoms with Crippen molar-refractivity contribution in [3.05, 3.63) is 94.0 Å². The Morgan fingerprint density at radius 1 is 1.06 bits per heavy atom. The molecule has 0 bridgehead atoms. The van der Waals surface area contributed by atoms with Gasteiger partial charge in [0.1, 0.15) is 0 Å². The molecule has 0 spiro atoms. The van der Waals surface area contributed by atoms with Crippen LogP contribution in [0.4, 0.5) is 5.69 Å². The second-order valence-corrected chi connectivity index (χ2v) is 8.90. The molecule has 0 aromatic heterocycles. The molecule has 0 fully saturated rings. The largest absolute Gasteiger partial charge is 0.454 e. The molecule has 0 radical (unpaired) electrons. The Morgan fingerprint density at radius 2 is 1.85 bits per heavy atom. The Kier molecular flexibility index (Phi) is 5.52. The lowest BCUT2D eigenvalue weighted by Gasteiger charge is -2.22. The maximum atomic E-state index is 13.4. The van der Waals surface area contributed by atoms with Gasteiger partial charge in [-0.1, -0.05) is 58.4 Å². The lowest BCUT2D eigenvalue weighted by atomic mass is 9.89. The number of amides is 1. The molecule has 1 amide bonds. The van der Waals surface area contributed by atoms with Gasteiger partial charge in [0, 0.05) is 10.0 Å². The summed E-state index contributed by atoms with van der Waals surface area (Å²) < 4.78 is 11.4. The van der Waals surface area contributed by atoms with E-state index < -0.39 is 11.5 Å². The first-order valence-corrected chi connectivity index (χ1v) is 11.2. The fraction of sp³-hybridized carbons (Fsp3) is 0.154. The number of hydrogen-bond acceptors (Lipinski definition) is 5. The summed E-state index contributed by atoms with van der Waals surface area (Å²) in [5.74, 6) is 0.398. The quantitative estimate of drug-likeness (QED) is 0.496. The number of rotatable bonds is 6. The first-order valence-electron chi connectivity index (χ1n) is 10.4. The molecule has 3 aromatic carbocycles. The molecule has 1 atom stereocenters. The zero-order valence-electron chi connectivity index (χ0n) is 17.5. The van der Waals surface area contributed by atoms with Crippen LogP contribution in [0, 0.1) is 0 Å². The van der Waals surface area contributed by atoms with Gasteiger partial charge in [0.2, 0.25) is 6.79 Å². The number of allylic oxidation sites excluding steroid dienone is 1. The highest BCUT2D eigenvalue weighted by atomic mass is 79.9. The number of benzene rings is 3. The third-order valence-electron chi connectivity index (χ3n) is 5.77. The van der Waals surface area contributed by atoms with Gasteiger partial charge in [0.15, 0.2) is 22.9 Å². The van der Waals surface area contributed by atoms with E-state index in [1.54, 1.807) is 36.4 Å². The molecule has 7 heteroatoms. The van der Waals surface area contributed by atoms with Crippen LogP contribution in [0.3, 0.4) is 0 Å². The van der Waals surface area contributed by atoms with Crippen molar-refractivity contribution < 1.29 is 24.2 Å². The van der Waals surface area contributed by atoms with Crippen LogP contribution in [0.1, 0.15) is 23.1 Å². The van der Waals surface area contributed by atoms with Crippen molar-refractivity contribution in [1.29, 1.82) is 0 Å². The number of fused-ring (bicyclic) bond motifs is 2. The SMILES string of the molecule is O=C(/C=C/c1ccc2c(c1)OCO2)CC1(O)C(=O)N(Cc2ccccc2)c2ccc(Br)cc21. The summed E-state index contributed by atoms with van der Waals surface area (Å²) in [5.41, 5.74) is 0.762. The summed E-state index contributed by atoms with van der Waals surface area (Å²) in [6, 6.07) is 20.2. The lowest BCUT2D eigenvalue weighted by Crippen LogP contribution is -2.41. The van der Waals surface area contributed by atoms with E-state index in [2.05, 4.69) is 15.9 Å². The predicted molar refractivity (Wildman–Crippen MR) is 127 cm³/mol. The number of carbonyl (C=O) groups is 2. The fourth-order valence-electron chi connectivity index (χ4n) is 4.13. The van der Waals surface area contributed by atoms with Crippen molar-refractivity contribution in [3.63, 3.8) is 0 Å². The molecule has 6 nitrogen and oxygen atoms in total.